The molecule has 0 nitrogen and oxygen atoms in total. The molecule has 0 unspecified atom stereocenters. The van der Waals surface area contributed by atoms with Gasteiger partial charge in [-0.25, -0.2) is 0 Å². The van der Waals surface area contributed by atoms with Crippen molar-refractivity contribution in [3.8, 4) is 11.1 Å². The number of hydrogen-bond donors (Lipinski definition) is 0. The van der Waals surface area contributed by atoms with Crippen LogP contribution in [0.15, 0.2) is 72.8 Å². The van der Waals surface area contributed by atoms with E-state index < -0.39 is 0 Å². The van der Waals surface area contributed by atoms with Crippen LogP contribution in [0.1, 0.15) is 0 Å². The fraction of sp³-hybridized carbons (Fsp3) is 0. The van der Waals surface area contributed by atoms with Crippen molar-refractivity contribution in [1.82, 2.24) is 0 Å². The second-order valence-electron chi connectivity index (χ2n) is 5.64. The van der Waals surface area contributed by atoms with Crippen LogP contribution in [0.2, 0.25) is 0 Å². The van der Waals surface area contributed by atoms with Crippen molar-refractivity contribution in [1.29, 1.82) is 0 Å². The number of benzene rings is 4. The minimum absolute atomic E-state index is 0.612. The average Bonchev–Trinajstić information content (AvgIpc) is 2.56. The summed E-state index contributed by atoms with van der Waals surface area (Å²) in [4.78, 5) is 0. The van der Waals surface area contributed by atoms with Gasteiger partial charge in [-0.1, -0.05) is 0 Å². The van der Waals surface area contributed by atoms with E-state index in [1.807, 2.05) is 0 Å². The van der Waals surface area contributed by atoms with E-state index >= 15 is 0 Å². The Balaban J connectivity index is 2.21. The zero-order valence-corrected chi connectivity index (χ0v) is 23.3. The Kier molecular flexibility index (Phi) is 4.08. The monoisotopic (exact) mass is 656 g/mol. The third-order valence-electron chi connectivity index (χ3n) is 4.28. The Labute approximate surface area is 162 Å². The molecule has 4 rings (SSSR count). The number of fused-ring (bicyclic) bond motifs is 2. The number of hydrogen-bond acceptors (Lipinski definition) is 0. The van der Waals surface area contributed by atoms with E-state index in [2.05, 4.69) is 72.8 Å². The SMILES string of the molecule is [Hg][c]1ccc2ccccc2c1-c1[c]([Hg])ccc2ccccc12. The van der Waals surface area contributed by atoms with E-state index in [1.165, 1.54) is 32.7 Å². The molecule has 0 saturated carbocycles. The van der Waals surface area contributed by atoms with Gasteiger partial charge in [-0.2, -0.15) is 0 Å². The summed E-state index contributed by atoms with van der Waals surface area (Å²) in [6, 6.07) is 26.9. The Bertz CT molecular complexity index is 920. The topological polar surface area (TPSA) is 0 Å². The molecule has 0 radical (unpaired) electrons. The van der Waals surface area contributed by atoms with Gasteiger partial charge in [0.05, 0.1) is 0 Å². The van der Waals surface area contributed by atoms with Gasteiger partial charge in [-0.3, -0.25) is 0 Å². The maximum atomic E-state index is 2.34. The molecule has 0 heterocycles. The summed E-state index contributed by atoms with van der Waals surface area (Å²) in [5.74, 6) is 0. The van der Waals surface area contributed by atoms with E-state index in [4.69, 9.17) is 0 Å². The molecule has 4 aromatic rings. The van der Waals surface area contributed by atoms with Crippen molar-refractivity contribution in [3.05, 3.63) is 72.8 Å². The van der Waals surface area contributed by atoms with Gasteiger partial charge in [0.2, 0.25) is 0 Å². The van der Waals surface area contributed by atoms with Gasteiger partial charge in [0.15, 0.2) is 0 Å². The van der Waals surface area contributed by atoms with Crippen LogP contribution in [0.3, 0.4) is 0 Å². The first kappa shape index (κ1) is 14.8. The number of rotatable bonds is 1. The van der Waals surface area contributed by atoms with Crippen molar-refractivity contribution in [2.24, 2.45) is 0 Å². The molecule has 0 atom stereocenters. The van der Waals surface area contributed by atoms with Gasteiger partial charge < -0.3 is 0 Å². The summed E-state index contributed by atoms with van der Waals surface area (Å²) >= 11 is 1.22. The van der Waals surface area contributed by atoms with Gasteiger partial charge in [0.1, 0.15) is 0 Å². The third-order valence-corrected chi connectivity index (χ3v) is 8.86. The molecule has 0 N–H and O–H groups in total. The van der Waals surface area contributed by atoms with Crippen molar-refractivity contribution in [2.75, 3.05) is 0 Å². The predicted octanol–water partition coefficient (Wildman–Crippen LogP) is 4.00. The van der Waals surface area contributed by atoms with Crippen LogP contribution in [0.5, 0.6) is 0 Å². The molecule has 0 spiro atoms. The second kappa shape index (κ2) is 6.05. The standard InChI is InChI=1S/C20H12.2Hg/c1-3-11-17-15(7-1)9-5-13-19(17)20-14-6-10-16-8-2-4-12-18(16)20;;/h1-12H;;. The van der Waals surface area contributed by atoms with E-state index in [0.29, 0.717) is 52.2 Å². The maximum absolute atomic E-state index is 2.34. The summed E-state index contributed by atoms with van der Waals surface area (Å²) in [6.07, 6.45) is 0. The quantitative estimate of drug-likeness (QED) is 0.273. The van der Waals surface area contributed by atoms with Crippen molar-refractivity contribution in [3.63, 3.8) is 0 Å². The first-order chi connectivity index (χ1) is 10.8. The van der Waals surface area contributed by atoms with Gasteiger partial charge in [-0.05, 0) is 0 Å². The average molecular weight is 653 g/mol. The van der Waals surface area contributed by atoms with Gasteiger partial charge in [0.25, 0.3) is 0 Å². The van der Waals surface area contributed by atoms with Crippen LogP contribution >= 0.6 is 0 Å². The Morgan fingerprint density at radius 3 is 1.32 bits per heavy atom. The van der Waals surface area contributed by atoms with E-state index in [-0.39, 0.29) is 0 Å². The molecule has 0 saturated heterocycles. The molecule has 2 heteroatoms. The van der Waals surface area contributed by atoms with Crippen LogP contribution < -0.4 is 6.14 Å². The molecule has 22 heavy (non-hydrogen) atoms. The first-order valence-corrected chi connectivity index (χ1v) is 12.9. The summed E-state index contributed by atoms with van der Waals surface area (Å²) in [5, 5.41) is 5.54. The predicted molar refractivity (Wildman–Crippen MR) is 86.2 cm³/mol. The third kappa shape index (κ3) is 2.45. The van der Waals surface area contributed by atoms with Crippen molar-refractivity contribution >= 4 is 27.7 Å². The molecule has 0 fully saturated rings. The summed E-state index contributed by atoms with van der Waals surface area (Å²) in [7, 11) is 0. The van der Waals surface area contributed by atoms with E-state index in [0.717, 1.165) is 0 Å². The first-order valence-electron chi connectivity index (χ1n) is 7.43. The van der Waals surface area contributed by atoms with Crippen LogP contribution in [-0.4, -0.2) is 0 Å². The molecule has 0 aliphatic carbocycles. The molecule has 0 aromatic heterocycles. The molecule has 0 aliphatic rings. The second-order valence-corrected chi connectivity index (χ2v) is 11.6. The van der Waals surface area contributed by atoms with E-state index in [1.54, 1.807) is 6.14 Å². The Hall–Kier alpha value is -0.730. The molecule has 0 aliphatic heterocycles. The fourth-order valence-corrected chi connectivity index (χ4v) is 7.00. The summed E-state index contributed by atoms with van der Waals surface area (Å²) in [5.41, 5.74) is 3.01. The van der Waals surface area contributed by atoms with Gasteiger partial charge in [-0.15, -0.1) is 0 Å². The Morgan fingerprint density at radius 2 is 0.864 bits per heavy atom. The zero-order valence-electron chi connectivity index (χ0n) is 12.3. The zero-order chi connectivity index (χ0) is 15.1. The van der Waals surface area contributed by atoms with Crippen LogP contribution in [0.25, 0.3) is 32.7 Å². The fourth-order valence-electron chi connectivity index (χ4n) is 3.22. The Morgan fingerprint density at radius 1 is 0.455 bits per heavy atom. The van der Waals surface area contributed by atoms with E-state index in [9.17, 15) is 0 Å². The van der Waals surface area contributed by atoms with Gasteiger partial charge in [0, 0.05) is 0 Å². The summed E-state index contributed by atoms with van der Waals surface area (Å²) < 4.78 is 3.11. The van der Waals surface area contributed by atoms with Crippen LogP contribution in [0, 0.1) is 0 Å². The molecular formula is C20H12Hg2. The van der Waals surface area contributed by atoms with Crippen LogP contribution in [0.4, 0.5) is 0 Å². The molecule has 0 bridgehead atoms. The normalized spacial score (nSPS) is 11.3. The molecule has 96 valence electrons. The summed E-state index contributed by atoms with van der Waals surface area (Å²) in [6.45, 7) is 0. The molecule has 0 amide bonds. The van der Waals surface area contributed by atoms with Crippen molar-refractivity contribution < 1.29 is 52.2 Å². The molecular weight excluding hydrogens is 641 g/mol. The van der Waals surface area contributed by atoms with Crippen LogP contribution in [-0.2, 0) is 52.2 Å². The van der Waals surface area contributed by atoms with Crippen molar-refractivity contribution in [2.45, 2.75) is 0 Å². The van der Waals surface area contributed by atoms with Gasteiger partial charge >= 0.3 is 164 Å². The minimum atomic E-state index is 0.612. The molecule has 4 aromatic carbocycles.